The highest BCUT2D eigenvalue weighted by molar-refractivity contribution is 6.03. The molecule has 0 aliphatic rings. The van der Waals surface area contributed by atoms with Crippen molar-refractivity contribution < 1.29 is 4.79 Å². The third-order valence-electron chi connectivity index (χ3n) is 3.51. The van der Waals surface area contributed by atoms with Crippen molar-refractivity contribution in [2.75, 3.05) is 10.6 Å². The molecule has 0 spiro atoms. The lowest BCUT2D eigenvalue weighted by Crippen LogP contribution is -2.16. The van der Waals surface area contributed by atoms with Gasteiger partial charge in [0.1, 0.15) is 5.69 Å². The lowest BCUT2D eigenvalue weighted by molar-refractivity contribution is 0.102. The first kappa shape index (κ1) is 15.7. The summed E-state index contributed by atoms with van der Waals surface area (Å²) in [6.07, 6.45) is 0. The second kappa shape index (κ2) is 6.91. The lowest BCUT2D eigenvalue weighted by Gasteiger charge is -2.10. The molecule has 120 valence electrons. The topological polar surface area (TPSA) is 66.9 Å². The number of carbonyl (C=O) groups excluding carboxylic acids is 1. The minimum atomic E-state index is -0.258. The molecule has 3 aromatic rings. The zero-order valence-electron chi connectivity index (χ0n) is 13.6. The van der Waals surface area contributed by atoms with Crippen molar-refractivity contribution >= 4 is 23.2 Å². The van der Waals surface area contributed by atoms with Crippen molar-refractivity contribution in [2.45, 2.75) is 13.8 Å². The molecule has 0 unspecified atom stereocenters. The van der Waals surface area contributed by atoms with E-state index in [1.54, 1.807) is 6.07 Å². The van der Waals surface area contributed by atoms with Crippen molar-refractivity contribution in [3.63, 3.8) is 0 Å². The van der Waals surface area contributed by atoms with Gasteiger partial charge >= 0.3 is 0 Å². The second-order valence-corrected chi connectivity index (χ2v) is 5.48. The number of benzene rings is 2. The highest BCUT2D eigenvalue weighted by atomic mass is 16.1. The van der Waals surface area contributed by atoms with E-state index < -0.39 is 0 Å². The Balaban J connectivity index is 1.83. The monoisotopic (exact) mass is 318 g/mol. The largest absolute Gasteiger partial charge is 0.324 e. The van der Waals surface area contributed by atoms with Gasteiger partial charge < -0.3 is 10.6 Å². The molecular formula is C19H18N4O. The number of rotatable bonds is 4. The molecule has 3 rings (SSSR count). The molecule has 5 heteroatoms. The fourth-order valence-electron chi connectivity index (χ4n) is 2.29. The summed E-state index contributed by atoms with van der Waals surface area (Å²) in [4.78, 5) is 21.1. The molecule has 0 fully saturated rings. The van der Waals surface area contributed by atoms with E-state index in [0.29, 0.717) is 11.6 Å². The molecule has 1 aromatic heterocycles. The number of para-hydroxylation sites is 2. The Kier molecular flexibility index (Phi) is 4.52. The highest BCUT2D eigenvalue weighted by Crippen LogP contribution is 2.16. The zero-order valence-corrected chi connectivity index (χ0v) is 13.6. The molecule has 0 saturated carbocycles. The number of aryl methyl sites for hydroxylation is 2. The van der Waals surface area contributed by atoms with Gasteiger partial charge in [-0.25, -0.2) is 9.97 Å². The predicted molar refractivity (Wildman–Crippen MR) is 95.6 cm³/mol. The van der Waals surface area contributed by atoms with Gasteiger partial charge in [-0.15, -0.1) is 0 Å². The Bertz CT molecular complexity index is 862. The van der Waals surface area contributed by atoms with Crippen LogP contribution in [0.2, 0.25) is 0 Å². The first-order chi connectivity index (χ1) is 11.6. The van der Waals surface area contributed by atoms with Crippen LogP contribution in [0.3, 0.4) is 0 Å². The molecule has 0 aliphatic heterocycles. The Morgan fingerprint density at radius 2 is 1.62 bits per heavy atom. The Morgan fingerprint density at radius 3 is 2.38 bits per heavy atom. The van der Waals surface area contributed by atoms with E-state index in [-0.39, 0.29) is 5.91 Å². The van der Waals surface area contributed by atoms with Crippen LogP contribution in [0.15, 0.2) is 60.7 Å². The van der Waals surface area contributed by atoms with Crippen LogP contribution >= 0.6 is 0 Å². The van der Waals surface area contributed by atoms with Crippen molar-refractivity contribution in [2.24, 2.45) is 0 Å². The molecule has 5 nitrogen and oxygen atoms in total. The molecule has 2 N–H and O–H groups in total. The van der Waals surface area contributed by atoms with E-state index in [2.05, 4.69) is 20.6 Å². The van der Waals surface area contributed by atoms with E-state index in [1.807, 2.05) is 68.4 Å². The van der Waals surface area contributed by atoms with Gasteiger partial charge in [0, 0.05) is 17.1 Å². The number of carbonyl (C=O) groups is 1. The summed E-state index contributed by atoms with van der Waals surface area (Å²) in [7, 11) is 0. The predicted octanol–water partition coefficient (Wildman–Crippen LogP) is 4.09. The molecule has 24 heavy (non-hydrogen) atoms. The Labute approximate surface area is 140 Å². The van der Waals surface area contributed by atoms with Crippen LogP contribution < -0.4 is 10.6 Å². The highest BCUT2D eigenvalue weighted by Gasteiger charge is 2.12. The van der Waals surface area contributed by atoms with E-state index >= 15 is 0 Å². The summed E-state index contributed by atoms with van der Waals surface area (Å²) in [6.45, 7) is 3.78. The fraction of sp³-hybridized carbons (Fsp3) is 0.105. The number of hydrogen-bond acceptors (Lipinski definition) is 4. The normalized spacial score (nSPS) is 10.2. The molecule has 0 bridgehead atoms. The first-order valence-electron chi connectivity index (χ1n) is 7.66. The van der Waals surface area contributed by atoms with Crippen LogP contribution in [0.1, 0.15) is 21.7 Å². The number of amides is 1. The summed E-state index contributed by atoms with van der Waals surface area (Å²) in [5.74, 6) is 0.141. The van der Waals surface area contributed by atoms with Gasteiger partial charge in [0.25, 0.3) is 5.91 Å². The molecule has 2 aromatic carbocycles. The number of nitrogens with zero attached hydrogens (tertiary/aromatic N) is 2. The van der Waals surface area contributed by atoms with E-state index in [4.69, 9.17) is 0 Å². The number of aromatic nitrogens is 2. The third-order valence-corrected chi connectivity index (χ3v) is 3.51. The average molecular weight is 318 g/mol. The van der Waals surface area contributed by atoms with Gasteiger partial charge in [0.15, 0.2) is 0 Å². The molecule has 0 radical (unpaired) electrons. The van der Waals surface area contributed by atoms with Crippen molar-refractivity contribution in [1.82, 2.24) is 9.97 Å². The molecule has 0 saturated heterocycles. The molecular weight excluding hydrogens is 300 g/mol. The maximum atomic E-state index is 12.5. The van der Waals surface area contributed by atoms with Crippen LogP contribution in [0.25, 0.3) is 0 Å². The van der Waals surface area contributed by atoms with Crippen LogP contribution in [0.5, 0.6) is 0 Å². The standard InChI is InChI=1S/C19H18N4O/c1-13-8-6-7-11-16(13)22-18(24)17-12-14(2)20-19(23-17)21-15-9-4-3-5-10-15/h3-12H,1-2H3,(H,22,24)(H,20,21,23). The van der Waals surface area contributed by atoms with E-state index in [9.17, 15) is 4.79 Å². The average Bonchev–Trinajstić information content (AvgIpc) is 2.57. The van der Waals surface area contributed by atoms with Crippen molar-refractivity contribution in [1.29, 1.82) is 0 Å². The first-order valence-corrected chi connectivity index (χ1v) is 7.66. The van der Waals surface area contributed by atoms with E-state index in [1.165, 1.54) is 0 Å². The SMILES string of the molecule is Cc1cc(C(=O)Nc2ccccc2C)nc(Nc2ccccc2)n1. The lowest BCUT2D eigenvalue weighted by atomic mass is 10.2. The summed E-state index contributed by atoms with van der Waals surface area (Å²) in [5.41, 5.74) is 3.69. The van der Waals surface area contributed by atoms with Crippen LogP contribution in [-0.2, 0) is 0 Å². The number of anilines is 3. The Morgan fingerprint density at radius 1 is 0.917 bits per heavy atom. The summed E-state index contributed by atoms with van der Waals surface area (Å²) in [6, 6.07) is 18.9. The minimum Gasteiger partial charge on any atom is -0.324 e. The molecule has 0 aliphatic carbocycles. The van der Waals surface area contributed by atoms with Crippen LogP contribution in [-0.4, -0.2) is 15.9 Å². The van der Waals surface area contributed by atoms with Gasteiger partial charge in [-0.1, -0.05) is 36.4 Å². The Hall–Kier alpha value is -3.21. The molecule has 1 heterocycles. The van der Waals surface area contributed by atoms with Crippen molar-refractivity contribution in [3.8, 4) is 0 Å². The van der Waals surface area contributed by atoms with Crippen LogP contribution in [0, 0.1) is 13.8 Å². The second-order valence-electron chi connectivity index (χ2n) is 5.48. The quantitative estimate of drug-likeness (QED) is 0.760. The summed E-state index contributed by atoms with van der Waals surface area (Å²) < 4.78 is 0. The van der Waals surface area contributed by atoms with Gasteiger partial charge in [0.05, 0.1) is 0 Å². The molecule has 0 atom stereocenters. The fourth-order valence-corrected chi connectivity index (χ4v) is 2.29. The smallest absolute Gasteiger partial charge is 0.274 e. The molecule has 1 amide bonds. The van der Waals surface area contributed by atoms with Crippen molar-refractivity contribution in [3.05, 3.63) is 77.6 Å². The summed E-state index contributed by atoms with van der Waals surface area (Å²) in [5, 5.41) is 6.00. The zero-order chi connectivity index (χ0) is 16.9. The van der Waals surface area contributed by atoms with Gasteiger partial charge in [-0.2, -0.15) is 0 Å². The van der Waals surface area contributed by atoms with Crippen LogP contribution in [0.4, 0.5) is 17.3 Å². The van der Waals surface area contributed by atoms with Gasteiger partial charge in [0.2, 0.25) is 5.95 Å². The third kappa shape index (κ3) is 3.76. The van der Waals surface area contributed by atoms with E-state index in [0.717, 1.165) is 22.6 Å². The van der Waals surface area contributed by atoms with Gasteiger partial charge in [-0.05, 0) is 43.7 Å². The number of nitrogens with one attached hydrogen (secondary N) is 2. The van der Waals surface area contributed by atoms with Gasteiger partial charge in [-0.3, -0.25) is 4.79 Å². The minimum absolute atomic E-state index is 0.258. The number of hydrogen-bond donors (Lipinski definition) is 2. The maximum Gasteiger partial charge on any atom is 0.274 e. The maximum absolute atomic E-state index is 12.5. The summed E-state index contributed by atoms with van der Waals surface area (Å²) >= 11 is 0.